The van der Waals surface area contributed by atoms with Crippen LogP contribution >= 0.6 is 0 Å². The molecule has 0 fully saturated rings. The van der Waals surface area contributed by atoms with Gasteiger partial charge in [-0.3, -0.25) is 14.9 Å². The maximum atomic E-state index is 10.5. The molecule has 0 heterocycles. The molecule has 0 radical (unpaired) electrons. The molecule has 0 saturated carbocycles. The fourth-order valence-electron chi connectivity index (χ4n) is 1.14. The fraction of sp³-hybridized carbons (Fsp3) is 0.364. The maximum Gasteiger partial charge on any atom is 0.306 e. The summed E-state index contributed by atoms with van der Waals surface area (Å²) in [5.41, 5.74) is -0.00347. The second kappa shape index (κ2) is 5.83. The van der Waals surface area contributed by atoms with Crippen molar-refractivity contribution < 1.29 is 19.6 Å². The second-order valence-corrected chi connectivity index (χ2v) is 3.63. The molecule has 6 heteroatoms. The van der Waals surface area contributed by atoms with Gasteiger partial charge in [0.15, 0.2) is 0 Å². The lowest BCUT2D eigenvalue weighted by Gasteiger charge is -2.08. The lowest BCUT2D eigenvalue weighted by molar-refractivity contribution is -0.384. The molecule has 1 atom stereocenters. The van der Waals surface area contributed by atoms with Crippen molar-refractivity contribution in [3.8, 4) is 5.75 Å². The van der Waals surface area contributed by atoms with Gasteiger partial charge >= 0.3 is 5.97 Å². The highest BCUT2D eigenvalue weighted by molar-refractivity contribution is 5.69. The van der Waals surface area contributed by atoms with Crippen LogP contribution in [0.1, 0.15) is 13.3 Å². The van der Waals surface area contributed by atoms with Crippen molar-refractivity contribution in [1.82, 2.24) is 0 Å². The monoisotopic (exact) mass is 239 g/mol. The van der Waals surface area contributed by atoms with E-state index in [1.165, 1.54) is 24.3 Å². The molecule has 6 nitrogen and oxygen atoms in total. The standard InChI is InChI=1S/C11H13NO5/c1-8(11(13)14)6-7-17-10-4-2-9(3-5-10)12(15)16/h2-5,8H,6-7H2,1H3,(H,13,14). The number of hydrogen-bond donors (Lipinski definition) is 1. The van der Waals surface area contributed by atoms with Crippen LogP contribution in [0.2, 0.25) is 0 Å². The van der Waals surface area contributed by atoms with Gasteiger partial charge in [0.1, 0.15) is 5.75 Å². The van der Waals surface area contributed by atoms with Gasteiger partial charge in [0.05, 0.1) is 17.4 Å². The lowest BCUT2D eigenvalue weighted by atomic mass is 10.1. The predicted octanol–water partition coefficient (Wildman–Crippen LogP) is 2.08. The van der Waals surface area contributed by atoms with Gasteiger partial charge in [0.25, 0.3) is 5.69 Å². The van der Waals surface area contributed by atoms with Crippen molar-refractivity contribution in [3.63, 3.8) is 0 Å². The zero-order chi connectivity index (χ0) is 12.8. The molecule has 0 aliphatic rings. The van der Waals surface area contributed by atoms with E-state index in [-0.39, 0.29) is 12.3 Å². The molecule has 1 N–H and O–H groups in total. The molecule has 0 aromatic heterocycles. The molecule has 1 aromatic rings. The van der Waals surface area contributed by atoms with Crippen molar-refractivity contribution in [2.75, 3.05) is 6.61 Å². The number of nitro groups is 1. The Hall–Kier alpha value is -2.11. The van der Waals surface area contributed by atoms with Crippen molar-refractivity contribution in [3.05, 3.63) is 34.4 Å². The van der Waals surface area contributed by atoms with Crippen LogP contribution in [0.4, 0.5) is 5.69 Å². The van der Waals surface area contributed by atoms with Gasteiger partial charge in [0, 0.05) is 12.1 Å². The Morgan fingerprint density at radius 3 is 2.53 bits per heavy atom. The highest BCUT2D eigenvalue weighted by Gasteiger charge is 2.10. The van der Waals surface area contributed by atoms with Crippen molar-refractivity contribution in [2.45, 2.75) is 13.3 Å². The highest BCUT2D eigenvalue weighted by Crippen LogP contribution is 2.17. The van der Waals surface area contributed by atoms with Gasteiger partial charge in [-0.2, -0.15) is 0 Å². The van der Waals surface area contributed by atoms with E-state index in [1.807, 2.05) is 0 Å². The number of aliphatic carboxylic acids is 1. The van der Waals surface area contributed by atoms with Crippen LogP contribution in [0.3, 0.4) is 0 Å². The van der Waals surface area contributed by atoms with Crippen LogP contribution in [-0.4, -0.2) is 22.6 Å². The number of carboxylic acids is 1. The van der Waals surface area contributed by atoms with Crippen molar-refractivity contribution in [2.24, 2.45) is 5.92 Å². The number of carbonyl (C=O) groups is 1. The number of hydrogen-bond acceptors (Lipinski definition) is 4. The van der Waals surface area contributed by atoms with Crippen LogP contribution in [0.25, 0.3) is 0 Å². The Kier molecular flexibility index (Phi) is 4.45. The van der Waals surface area contributed by atoms with Crippen LogP contribution in [0.5, 0.6) is 5.75 Å². The van der Waals surface area contributed by atoms with E-state index >= 15 is 0 Å². The molecule has 0 saturated heterocycles. The molecular weight excluding hydrogens is 226 g/mol. The van der Waals surface area contributed by atoms with E-state index in [0.717, 1.165) is 0 Å². The van der Waals surface area contributed by atoms with E-state index in [2.05, 4.69) is 0 Å². The number of carboxylic acid groups (broad SMARTS) is 1. The molecule has 0 aliphatic heterocycles. The summed E-state index contributed by atoms with van der Waals surface area (Å²) < 4.78 is 5.28. The summed E-state index contributed by atoms with van der Waals surface area (Å²) in [6.07, 6.45) is 0.395. The molecule has 0 amide bonds. The summed E-state index contributed by atoms with van der Waals surface area (Å²) in [5, 5.41) is 19.0. The summed E-state index contributed by atoms with van der Waals surface area (Å²) in [7, 11) is 0. The van der Waals surface area contributed by atoms with E-state index in [0.29, 0.717) is 12.2 Å². The number of nitrogens with zero attached hydrogens (tertiary/aromatic N) is 1. The number of non-ortho nitro benzene ring substituents is 1. The van der Waals surface area contributed by atoms with Crippen LogP contribution in [0.15, 0.2) is 24.3 Å². The average Bonchev–Trinajstić information content (AvgIpc) is 2.29. The smallest absolute Gasteiger partial charge is 0.306 e. The van der Waals surface area contributed by atoms with Gasteiger partial charge in [-0.1, -0.05) is 6.92 Å². The Morgan fingerprint density at radius 2 is 2.06 bits per heavy atom. The Balaban J connectivity index is 2.42. The third kappa shape index (κ3) is 4.10. The van der Waals surface area contributed by atoms with E-state index in [1.54, 1.807) is 6.92 Å². The minimum absolute atomic E-state index is 0.00347. The van der Waals surface area contributed by atoms with Gasteiger partial charge in [-0.15, -0.1) is 0 Å². The number of nitro benzene ring substituents is 1. The van der Waals surface area contributed by atoms with Crippen molar-refractivity contribution >= 4 is 11.7 Å². The van der Waals surface area contributed by atoms with Crippen LogP contribution in [0, 0.1) is 16.0 Å². The molecule has 92 valence electrons. The Bertz CT molecular complexity index is 401. The average molecular weight is 239 g/mol. The molecule has 0 bridgehead atoms. The van der Waals surface area contributed by atoms with Crippen LogP contribution in [-0.2, 0) is 4.79 Å². The van der Waals surface area contributed by atoms with Gasteiger partial charge in [-0.25, -0.2) is 0 Å². The van der Waals surface area contributed by atoms with Gasteiger partial charge < -0.3 is 9.84 Å². The molecular formula is C11H13NO5. The summed E-state index contributed by atoms with van der Waals surface area (Å²) in [6.45, 7) is 1.87. The third-order valence-electron chi connectivity index (χ3n) is 2.29. The summed E-state index contributed by atoms with van der Waals surface area (Å²) >= 11 is 0. The number of benzene rings is 1. The summed E-state index contributed by atoms with van der Waals surface area (Å²) in [4.78, 5) is 20.4. The zero-order valence-electron chi connectivity index (χ0n) is 9.33. The maximum absolute atomic E-state index is 10.5. The number of ether oxygens (including phenoxy) is 1. The molecule has 0 aliphatic carbocycles. The topological polar surface area (TPSA) is 89.7 Å². The molecule has 1 aromatic carbocycles. The Labute approximate surface area is 98.0 Å². The molecule has 17 heavy (non-hydrogen) atoms. The van der Waals surface area contributed by atoms with E-state index in [4.69, 9.17) is 9.84 Å². The van der Waals surface area contributed by atoms with Crippen LogP contribution < -0.4 is 4.74 Å². The lowest BCUT2D eigenvalue weighted by Crippen LogP contribution is -2.13. The molecule has 1 rings (SSSR count). The normalized spacial score (nSPS) is 11.8. The second-order valence-electron chi connectivity index (χ2n) is 3.63. The first-order chi connectivity index (χ1) is 8.00. The van der Waals surface area contributed by atoms with Gasteiger partial charge in [0.2, 0.25) is 0 Å². The van der Waals surface area contributed by atoms with E-state index < -0.39 is 16.8 Å². The molecule has 0 spiro atoms. The first-order valence-corrected chi connectivity index (χ1v) is 5.10. The molecule has 1 unspecified atom stereocenters. The third-order valence-corrected chi connectivity index (χ3v) is 2.29. The largest absolute Gasteiger partial charge is 0.494 e. The van der Waals surface area contributed by atoms with E-state index in [9.17, 15) is 14.9 Å². The summed E-state index contributed by atoms with van der Waals surface area (Å²) in [5.74, 6) is -0.835. The fourth-order valence-corrected chi connectivity index (χ4v) is 1.14. The first-order valence-electron chi connectivity index (χ1n) is 5.10. The highest BCUT2D eigenvalue weighted by atomic mass is 16.6. The quantitative estimate of drug-likeness (QED) is 0.606. The number of rotatable bonds is 6. The Morgan fingerprint density at radius 1 is 1.47 bits per heavy atom. The SMILES string of the molecule is CC(CCOc1ccc([N+](=O)[O-])cc1)C(=O)O. The van der Waals surface area contributed by atoms with Crippen molar-refractivity contribution in [1.29, 1.82) is 0 Å². The van der Waals surface area contributed by atoms with Gasteiger partial charge in [-0.05, 0) is 18.6 Å². The minimum atomic E-state index is -0.864. The predicted molar refractivity (Wildman–Crippen MR) is 60.0 cm³/mol. The minimum Gasteiger partial charge on any atom is -0.494 e. The first kappa shape index (κ1) is 13.0. The summed E-state index contributed by atoms with van der Waals surface area (Å²) in [6, 6.07) is 5.67. The zero-order valence-corrected chi connectivity index (χ0v) is 9.33.